The van der Waals surface area contributed by atoms with Crippen molar-refractivity contribution in [2.24, 2.45) is 13.0 Å². The highest BCUT2D eigenvalue weighted by Gasteiger charge is 2.30. The Morgan fingerprint density at radius 1 is 1.47 bits per heavy atom. The smallest absolute Gasteiger partial charge is 0.262 e. The summed E-state index contributed by atoms with van der Waals surface area (Å²) in [7, 11) is -1.75. The Balaban J connectivity index is 2.16. The van der Waals surface area contributed by atoms with Gasteiger partial charge in [-0.15, -0.1) is 0 Å². The first-order valence-electron chi connectivity index (χ1n) is 5.42. The lowest BCUT2D eigenvalue weighted by atomic mass is 10.0. The molecular weight excluding hydrogens is 240 g/mol. The van der Waals surface area contributed by atoms with Gasteiger partial charge in [0.1, 0.15) is 0 Å². The van der Waals surface area contributed by atoms with Gasteiger partial charge in [0.15, 0.2) is 5.03 Å². The second kappa shape index (κ2) is 4.47. The van der Waals surface area contributed by atoms with Gasteiger partial charge in [0.2, 0.25) is 0 Å². The zero-order valence-electron chi connectivity index (χ0n) is 9.57. The van der Waals surface area contributed by atoms with Gasteiger partial charge in [-0.2, -0.15) is 9.57 Å². The van der Waals surface area contributed by atoms with E-state index in [-0.39, 0.29) is 10.9 Å². The normalized spacial score (nSPS) is 19.1. The molecule has 92 valence electrons. The van der Waals surface area contributed by atoms with E-state index in [4.69, 9.17) is 5.26 Å². The number of hydrogen-bond donors (Lipinski definition) is 0. The van der Waals surface area contributed by atoms with Crippen molar-refractivity contribution in [3.05, 3.63) is 12.5 Å². The van der Waals surface area contributed by atoms with Crippen LogP contribution in [0.15, 0.2) is 17.6 Å². The van der Waals surface area contributed by atoms with Crippen LogP contribution in [0, 0.1) is 17.2 Å². The molecule has 0 amide bonds. The molecule has 1 fully saturated rings. The van der Waals surface area contributed by atoms with Gasteiger partial charge in [0.25, 0.3) is 10.0 Å². The standard InChI is InChI=1S/C10H14N4O2S/c1-13-7-10(12-8-13)17(15,16)14-4-2-9(6-11)3-5-14/h7-9H,2-5H2,1H3. The Hall–Kier alpha value is -1.39. The molecule has 0 unspecified atom stereocenters. The van der Waals surface area contributed by atoms with Crippen LogP contribution in [-0.2, 0) is 17.1 Å². The first-order chi connectivity index (χ1) is 8.04. The number of aryl methyl sites for hydroxylation is 1. The summed E-state index contributed by atoms with van der Waals surface area (Å²) < 4.78 is 27.3. The van der Waals surface area contributed by atoms with Crippen molar-refractivity contribution in [1.82, 2.24) is 13.9 Å². The van der Waals surface area contributed by atoms with Crippen LogP contribution < -0.4 is 0 Å². The average Bonchev–Trinajstić information content (AvgIpc) is 2.77. The van der Waals surface area contributed by atoms with Gasteiger partial charge in [-0.1, -0.05) is 0 Å². The average molecular weight is 254 g/mol. The lowest BCUT2D eigenvalue weighted by Gasteiger charge is -2.27. The van der Waals surface area contributed by atoms with Crippen molar-refractivity contribution in [2.45, 2.75) is 17.9 Å². The van der Waals surface area contributed by atoms with Gasteiger partial charge >= 0.3 is 0 Å². The lowest BCUT2D eigenvalue weighted by Crippen LogP contribution is -2.38. The summed E-state index contributed by atoms with van der Waals surface area (Å²) in [6, 6.07) is 2.18. The van der Waals surface area contributed by atoms with Crippen LogP contribution in [0.4, 0.5) is 0 Å². The molecule has 1 saturated heterocycles. The lowest BCUT2D eigenvalue weighted by molar-refractivity contribution is 0.309. The third-order valence-electron chi connectivity index (χ3n) is 2.92. The van der Waals surface area contributed by atoms with E-state index >= 15 is 0 Å². The van der Waals surface area contributed by atoms with Gasteiger partial charge in [-0.25, -0.2) is 13.4 Å². The topological polar surface area (TPSA) is 79.0 Å². The van der Waals surface area contributed by atoms with Gasteiger partial charge in [0, 0.05) is 32.3 Å². The van der Waals surface area contributed by atoms with Crippen molar-refractivity contribution < 1.29 is 8.42 Å². The van der Waals surface area contributed by atoms with Crippen LogP contribution in [0.5, 0.6) is 0 Å². The number of nitrogens with zero attached hydrogens (tertiary/aromatic N) is 4. The highest BCUT2D eigenvalue weighted by Crippen LogP contribution is 2.22. The van der Waals surface area contributed by atoms with Gasteiger partial charge in [0.05, 0.1) is 12.4 Å². The predicted molar refractivity (Wildman–Crippen MR) is 60.3 cm³/mol. The molecule has 1 aliphatic rings. The zero-order valence-corrected chi connectivity index (χ0v) is 10.4. The van der Waals surface area contributed by atoms with Crippen molar-refractivity contribution >= 4 is 10.0 Å². The minimum Gasteiger partial charge on any atom is -0.339 e. The number of hydrogen-bond acceptors (Lipinski definition) is 4. The Labute approximate surface area is 101 Å². The molecule has 6 nitrogen and oxygen atoms in total. The number of piperidine rings is 1. The van der Waals surface area contributed by atoms with Crippen LogP contribution in [0.1, 0.15) is 12.8 Å². The molecule has 7 heteroatoms. The molecule has 0 spiro atoms. The van der Waals surface area contributed by atoms with Crippen LogP contribution >= 0.6 is 0 Å². The Morgan fingerprint density at radius 2 is 2.12 bits per heavy atom. The molecule has 0 N–H and O–H groups in total. The van der Waals surface area contributed by atoms with Gasteiger partial charge in [-0.05, 0) is 12.8 Å². The highest BCUT2D eigenvalue weighted by molar-refractivity contribution is 7.89. The predicted octanol–water partition coefficient (Wildman–Crippen LogP) is 0.344. The molecule has 1 aromatic rings. The van der Waals surface area contributed by atoms with E-state index in [0.29, 0.717) is 25.9 Å². The largest absolute Gasteiger partial charge is 0.339 e. The van der Waals surface area contributed by atoms with Gasteiger partial charge in [-0.3, -0.25) is 0 Å². The molecule has 17 heavy (non-hydrogen) atoms. The number of imidazole rings is 1. The summed E-state index contributed by atoms with van der Waals surface area (Å²) in [6.45, 7) is 0.800. The molecule has 2 rings (SSSR count). The molecule has 0 atom stereocenters. The van der Waals surface area contributed by atoms with Crippen LogP contribution in [-0.4, -0.2) is 35.4 Å². The molecular formula is C10H14N4O2S. The van der Waals surface area contributed by atoms with Crippen molar-refractivity contribution in [3.8, 4) is 6.07 Å². The Morgan fingerprint density at radius 3 is 2.59 bits per heavy atom. The monoisotopic (exact) mass is 254 g/mol. The zero-order chi connectivity index (χ0) is 12.5. The first-order valence-corrected chi connectivity index (χ1v) is 6.86. The molecule has 2 heterocycles. The van der Waals surface area contributed by atoms with Crippen LogP contribution in [0.3, 0.4) is 0 Å². The van der Waals surface area contributed by atoms with Crippen LogP contribution in [0.25, 0.3) is 0 Å². The minimum absolute atomic E-state index is 0.0230. The number of aromatic nitrogens is 2. The van der Waals surface area contributed by atoms with Crippen molar-refractivity contribution in [3.63, 3.8) is 0 Å². The molecule has 0 bridgehead atoms. The van der Waals surface area contributed by atoms with Crippen LogP contribution in [0.2, 0.25) is 0 Å². The number of nitriles is 1. The molecule has 0 aliphatic carbocycles. The van der Waals surface area contributed by atoms with E-state index in [9.17, 15) is 8.42 Å². The fourth-order valence-electron chi connectivity index (χ4n) is 1.88. The van der Waals surface area contributed by atoms with E-state index < -0.39 is 10.0 Å². The van der Waals surface area contributed by atoms with E-state index in [1.165, 1.54) is 16.8 Å². The summed E-state index contributed by atoms with van der Waals surface area (Å²) >= 11 is 0. The molecule has 0 aromatic carbocycles. The highest BCUT2D eigenvalue weighted by atomic mass is 32.2. The van der Waals surface area contributed by atoms with E-state index in [1.54, 1.807) is 11.6 Å². The van der Waals surface area contributed by atoms with Crippen molar-refractivity contribution in [1.29, 1.82) is 5.26 Å². The maximum Gasteiger partial charge on any atom is 0.262 e. The Bertz CT molecular complexity index is 535. The van der Waals surface area contributed by atoms with E-state index in [2.05, 4.69) is 11.1 Å². The summed E-state index contributed by atoms with van der Waals surface area (Å²) in [5.41, 5.74) is 0. The fraction of sp³-hybridized carbons (Fsp3) is 0.600. The third-order valence-corrected chi connectivity index (χ3v) is 4.71. The molecule has 1 aliphatic heterocycles. The van der Waals surface area contributed by atoms with Gasteiger partial charge < -0.3 is 4.57 Å². The molecule has 0 saturated carbocycles. The second-order valence-electron chi connectivity index (χ2n) is 4.18. The number of rotatable bonds is 2. The molecule has 1 aromatic heterocycles. The molecule has 0 radical (unpaired) electrons. The summed E-state index contributed by atoms with van der Waals surface area (Å²) in [5.74, 6) is -0.0230. The minimum atomic E-state index is -3.48. The Kier molecular flexibility index (Phi) is 3.17. The summed E-state index contributed by atoms with van der Waals surface area (Å²) in [4.78, 5) is 3.87. The number of sulfonamides is 1. The third kappa shape index (κ3) is 2.33. The quantitative estimate of drug-likeness (QED) is 0.762. The van der Waals surface area contributed by atoms with E-state index in [1.807, 2.05) is 0 Å². The maximum absolute atomic E-state index is 12.2. The summed E-state index contributed by atoms with van der Waals surface area (Å²) in [5, 5.41) is 8.85. The fourth-order valence-corrected chi connectivity index (χ4v) is 3.32. The maximum atomic E-state index is 12.2. The second-order valence-corrected chi connectivity index (χ2v) is 6.07. The SMILES string of the molecule is Cn1cnc(S(=O)(=O)N2CCC(C#N)CC2)c1. The first kappa shape index (κ1) is 12.1. The summed E-state index contributed by atoms with van der Waals surface area (Å²) in [6.07, 6.45) is 4.16. The van der Waals surface area contributed by atoms with E-state index in [0.717, 1.165) is 0 Å². The van der Waals surface area contributed by atoms with Crippen molar-refractivity contribution in [2.75, 3.05) is 13.1 Å².